The first kappa shape index (κ1) is 18.2. The maximum absolute atomic E-state index is 12.3. The molecular weight excluding hydrogens is 324 g/mol. The zero-order chi connectivity index (χ0) is 17.1. The number of amides is 1. The Morgan fingerprint density at radius 3 is 2.48 bits per heavy atom. The second kappa shape index (κ2) is 7.65. The van der Waals surface area contributed by atoms with Gasteiger partial charge in [0.1, 0.15) is 41.2 Å². The van der Waals surface area contributed by atoms with E-state index < -0.39 is 37.1 Å². The largest absolute Gasteiger partial charge is 0.394 e. The van der Waals surface area contributed by atoms with Gasteiger partial charge in [0.05, 0.1) is 6.61 Å². The van der Waals surface area contributed by atoms with Gasteiger partial charge in [0.2, 0.25) is 0 Å². The molecule has 0 saturated carbocycles. The molecule has 0 radical (unpaired) electrons. The molecule has 0 unspecified atom stereocenters. The summed E-state index contributed by atoms with van der Waals surface area (Å²) in [4.78, 5) is 18.1. The molecule has 1 aromatic rings. The van der Waals surface area contributed by atoms with Crippen LogP contribution in [0.15, 0.2) is 5.38 Å². The van der Waals surface area contributed by atoms with Gasteiger partial charge in [0.25, 0.3) is 5.91 Å². The first-order chi connectivity index (χ1) is 10.9. The lowest BCUT2D eigenvalue weighted by atomic mass is 9.95. The average Bonchev–Trinajstić information content (AvgIpc) is 3.04. The van der Waals surface area contributed by atoms with Crippen LogP contribution >= 0.6 is 11.3 Å². The van der Waals surface area contributed by atoms with E-state index in [-0.39, 0.29) is 11.6 Å². The number of thiazole rings is 1. The molecule has 4 N–H and O–H groups in total. The summed E-state index contributed by atoms with van der Waals surface area (Å²) in [6.45, 7) is 4.35. The molecule has 2 heterocycles. The van der Waals surface area contributed by atoms with Crippen LogP contribution in [0, 0.1) is 0 Å². The van der Waals surface area contributed by atoms with Gasteiger partial charge in [0, 0.05) is 18.5 Å². The number of ether oxygens (including phenoxy) is 1. The minimum Gasteiger partial charge on any atom is -0.394 e. The first-order valence-electron chi connectivity index (χ1n) is 7.49. The molecule has 130 valence electrons. The third-order valence-electron chi connectivity index (χ3n) is 3.93. The third kappa shape index (κ3) is 3.54. The number of nitrogens with zero attached hydrogens (tertiary/aromatic N) is 2. The molecule has 0 aromatic carbocycles. The second-order valence-electron chi connectivity index (χ2n) is 5.30. The number of aromatic nitrogens is 1. The van der Waals surface area contributed by atoms with Crippen molar-refractivity contribution in [2.24, 2.45) is 0 Å². The summed E-state index contributed by atoms with van der Waals surface area (Å²) in [6, 6.07) is 0. The van der Waals surface area contributed by atoms with Gasteiger partial charge in [0.15, 0.2) is 0 Å². The summed E-state index contributed by atoms with van der Waals surface area (Å²) in [5.41, 5.74) is 0.241. The number of aliphatic hydroxyl groups is 4. The Kier molecular flexibility index (Phi) is 6.06. The van der Waals surface area contributed by atoms with Crippen molar-refractivity contribution in [2.75, 3.05) is 19.7 Å². The van der Waals surface area contributed by atoms with Crippen molar-refractivity contribution >= 4 is 17.2 Å². The topological polar surface area (TPSA) is 123 Å². The van der Waals surface area contributed by atoms with Crippen molar-refractivity contribution in [3.63, 3.8) is 0 Å². The number of carbonyl (C=O) groups is 1. The molecule has 0 bridgehead atoms. The average molecular weight is 346 g/mol. The van der Waals surface area contributed by atoms with E-state index >= 15 is 0 Å². The summed E-state index contributed by atoms with van der Waals surface area (Å²) in [5.74, 6) is -0.220. The standard InChI is InChI=1S/C14H22N2O6S/c1-3-16(4-2)14(21)7-6-23-13(15-7)12-11(20)10(19)9(18)8(5-17)22-12/h6,8-12,17-20H,3-5H2,1-2H3/t8-,9+,10+,11-,12-/m1/s1. The molecule has 1 fully saturated rings. The Labute approximate surface area is 138 Å². The number of hydrogen-bond acceptors (Lipinski definition) is 8. The lowest BCUT2D eigenvalue weighted by Crippen LogP contribution is -2.55. The van der Waals surface area contributed by atoms with Crippen LogP contribution in [0.4, 0.5) is 0 Å². The van der Waals surface area contributed by atoms with E-state index in [1.807, 2.05) is 13.8 Å². The zero-order valence-electron chi connectivity index (χ0n) is 13.0. The fourth-order valence-corrected chi connectivity index (χ4v) is 3.36. The fourth-order valence-electron chi connectivity index (χ4n) is 2.49. The summed E-state index contributed by atoms with van der Waals surface area (Å²) >= 11 is 1.12. The lowest BCUT2D eigenvalue weighted by Gasteiger charge is -2.39. The van der Waals surface area contributed by atoms with Crippen molar-refractivity contribution in [3.8, 4) is 0 Å². The van der Waals surface area contributed by atoms with E-state index in [1.54, 1.807) is 10.3 Å². The van der Waals surface area contributed by atoms with E-state index in [0.717, 1.165) is 11.3 Å². The SMILES string of the molecule is CCN(CC)C(=O)c1csc([C@@H]2O[C@H](CO)[C@H](O)[C@H](O)[C@H]2O)n1. The molecule has 2 rings (SSSR count). The molecule has 5 atom stereocenters. The number of rotatable bonds is 5. The summed E-state index contributed by atoms with van der Waals surface area (Å²) in [5, 5.41) is 40.8. The predicted molar refractivity (Wildman–Crippen MR) is 82.1 cm³/mol. The summed E-state index contributed by atoms with van der Waals surface area (Å²) < 4.78 is 5.44. The third-order valence-corrected chi connectivity index (χ3v) is 4.83. The van der Waals surface area contributed by atoms with Crippen molar-refractivity contribution in [1.29, 1.82) is 0 Å². The van der Waals surface area contributed by atoms with Gasteiger partial charge in [-0.15, -0.1) is 11.3 Å². The van der Waals surface area contributed by atoms with Crippen LogP contribution in [0.25, 0.3) is 0 Å². The number of aliphatic hydroxyl groups excluding tert-OH is 4. The Bertz CT molecular complexity index is 533. The van der Waals surface area contributed by atoms with Gasteiger partial charge >= 0.3 is 0 Å². The maximum Gasteiger partial charge on any atom is 0.273 e. The van der Waals surface area contributed by atoms with Gasteiger partial charge in [-0.25, -0.2) is 4.98 Å². The Morgan fingerprint density at radius 1 is 1.26 bits per heavy atom. The fraction of sp³-hybridized carbons (Fsp3) is 0.714. The number of hydrogen-bond donors (Lipinski definition) is 4. The Morgan fingerprint density at radius 2 is 1.91 bits per heavy atom. The van der Waals surface area contributed by atoms with Gasteiger partial charge in [-0.3, -0.25) is 4.79 Å². The highest BCUT2D eigenvalue weighted by Crippen LogP contribution is 2.34. The van der Waals surface area contributed by atoms with Crippen LogP contribution in [0.1, 0.15) is 35.4 Å². The highest BCUT2D eigenvalue weighted by Gasteiger charge is 2.45. The van der Waals surface area contributed by atoms with Crippen molar-refractivity contribution < 1.29 is 30.0 Å². The van der Waals surface area contributed by atoms with Crippen LogP contribution < -0.4 is 0 Å². The quantitative estimate of drug-likeness (QED) is 0.547. The van der Waals surface area contributed by atoms with E-state index in [4.69, 9.17) is 4.74 Å². The van der Waals surface area contributed by atoms with Gasteiger partial charge in [-0.05, 0) is 13.8 Å². The minimum absolute atomic E-state index is 0.220. The highest BCUT2D eigenvalue weighted by molar-refractivity contribution is 7.09. The first-order valence-corrected chi connectivity index (χ1v) is 8.37. The highest BCUT2D eigenvalue weighted by atomic mass is 32.1. The maximum atomic E-state index is 12.3. The van der Waals surface area contributed by atoms with E-state index in [2.05, 4.69) is 4.98 Å². The molecule has 1 aliphatic rings. The predicted octanol–water partition coefficient (Wildman–Crippen LogP) is -0.860. The molecule has 9 heteroatoms. The van der Waals surface area contributed by atoms with Gasteiger partial charge < -0.3 is 30.1 Å². The smallest absolute Gasteiger partial charge is 0.273 e. The molecule has 8 nitrogen and oxygen atoms in total. The van der Waals surface area contributed by atoms with E-state index in [0.29, 0.717) is 18.1 Å². The Hall–Kier alpha value is -1.10. The van der Waals surface area contributed by atoms with Crippen LogP contribution in [0.2, 0.25) is 0 Å². The van der Waals surface area contributed by atoms with Gasteiger partial charge in [-0.2, -0.15) is 0 Å². The summed E-state index contributed by atoms with van der Waals surface area (Å²) in [7, 11) is 0. The molecule has 0 aliphatic carbocycles. The molecule has 1 saturated heterocycles. The molecule has 1 aromatic heterocycles. The van der Waals surface area contributed by atoms with Crippen LogP contribution in [-0.2, 0) is 4.74 Å². The second-order valence-corrected chi connectivity index (χ2v) is 6.19. The minimum atomic E-state index is -1.46. The monoisotopic (exact) mass is 346 g/mol. The van der Waals surface area contributed by atoms with Crippen molar-refractivity contribution in [3.05, 3.63) is 16.1 Å². The normalized spacial score (nSPS) is 31.1. The molecule has 1 aliphatic heterocycles. The van der Waals surface area contributed by atoms with Gasteiger partial charge in [-0.1, -0.05) is 0 Å². The molecule has 0 spiro atoms. The van der Waals surface area contributed by atoms with Crippen LogP contribution in [-0.4, -0.2) is 80.3 Å². The zero-order valence-corrected chi connectivity index (χ0v) is 13.8. The van der Waals surface area contributed by atoms with E-state index in [9.17, 15) is 25.2 Å². The van der Waals surface area contributed by atoms with Crippen molar-refractivity contribution in [1.82, 2.24) is 9.88 Å². The molecule has 23 heavy (non-hydrogen) atoms. The van der Waals surface area contributed by atoms with Crippen molar-refractivity contribution in [2.45, 2.75) is 44.4 Å². The van der Waals surface area contributed by atoms with Crippen LogP contribution in [0.5, 0.6) is 0 Å². The Balaban J connectivity index is 2.20. The van der Waals surface area contributed by atoms with E-state index in [1.165, 1.54) is 0 Å². The lowest BCUT2D eigenvalue weighted by molar-refractivity contribution is -0.231. The van der Waals surface area contributed by atoms with Crippen LogP contribution in [0.3, 0.4) is 0 Å². The summed E-state index contributed by atoms with van der Waals surface area (Å²) in [6.07, 6.45) is -6.27. The number of carbonyl (C=O) groups excluding carboxylic acids is 1. The molecule has 1 amide bonds. The molecular formula is C14H22N2O6S.